The summed E-state index contributed by atoms with van der Waals surface area (Å²) in [5.74, 6) is -1.56. The lowest BCUT2D eigenvalue weighted by Crippen LogP contribution is -2.63. The molecule has 0 spiro atoms. The fourth-order valence-corrected chi connectivity index (χ4v) is 3.60. The Balaban J connectivity index is 1.89. The SMILES string of the molecule is CCOc1ccc(Cc2cc([C@]3(O)OC(CO)C(O)C(O)C3O)ccc2Cl)cc1. The number of hydrogen-bond acceptors (Lipinski definition) is 7. The average molecular weight is 425 g/mol. The van der Waals surface area contributed by atoms with Gasteiger partial charge in [0.25, 0.3) is 0 Å². The second kappa shape index (κ2) is 8.97. The Bertz CT molecular complexity index is 826. The number of ether oxygens (including phenoxy) is 2. The van der Waals surface area contributed by atoms with Crippen molar-refractivity contribution >= 4 is 11.6 Å². The number of rotatable bonds is 6. The van der Waals surface area contributed by atoms with Gasteiger partial charge in [-0.05, 0) is 48.7 Å². The second-order valence-corrected chi connectivity index (χ2v) is 7.43. The van der Waals surface area contributed by atoms with Crippen LogP contribution >= 0.6 is 11.6 Å². The van der Waals surface area contributed by atoms with Gasteiger partial charge in [0, 0.05) is 10.6 Å². The Morgan fingerprint density at radius 2 is 1.76 bits per heavy atom. The van der Waals surface area contributed by atoms with Gasteiger partial charge in [0.05, 0.1) is 13.2 Å². The second-order valence-electron chi connectivity index (χ2n) is 7.02. The van der Waals surface area contributed by atoms with Crippen LogP contribution in [-0.2, 0) is 16.9 Å². The topological polar surface area (TPSA) is 120 Å². The van der Waals surface area contributed by atoms with Gasteiger partial charge in [0.15, 0.2) is 0 Å². The maximum Gasteiger partial charge on any atom is 0.222 e. The lowest BCUT2D eigenvalue weighted by atomic mass is 9.87. The third-order valence-corrected chi connectivity index (χ3v) is 5.42. The zero-order chi connectivity index (χ0) is 21.2. The first-order valence-corrected chi connectivity index (χ1v) is 9.73. The zero-order valence-corrected chi connectivity index (χ0v) is 16.7. The molecular weight excluding hydrogens is 400 g/mol. The van der Waals surface area contributed by atoms with E-state index in [-0.39, 0.29) is 5.56 Å². The molecule has 1 aliphatic rings. The summed E-state index contributed by atoms with van der Waals surface area (Å²) >= 11 is 6.32. The molecule has 0 bridgehead atoms. The van der Waals surface area contributed by atoms with Crippen molar-refractivity contribution in [3.63, 3.8) is 0 Å². The van der Waals surface area contributed by atoms with Gasteiger partial charge in [-0.3, -0.25) is 0 Å². The molecule has 1 fully saturated rings. The van der Waals surface area contributed by atoms with Crippen molar-refractivity contribution in [3.05, 3.63) is 64.2 Å². The molecule has 158 valence electrons. The summed E-state index contributed by atoms with van der Waals surface area (Å²) in [6.45, 7) is 1.84. The smallest absolute Gasteiger partial charge is 0.222 e. The summed E-state index contributed by atoms with van der Waals surface area (Å²) in [6.07, 6.45) is -5.87. The van der Waals surface area contributed by atoms with E-state index in [2.05, 4.69) is 0 Å². The fourth-order valence-electron chi connectivity index (χ4n) is 3.42. The van der Waals surface area contributed by atoms with Crippen LogP contribution in [0.25, 0.3) is 0 Å². The monoisotopic (exact) mass is 424 g/mol. The molecule has 4 unspecified atom stereocenters. The molecule has 29 heavy (non-hydrogen) atoms. The molecule has 5 atom stereocenters. The lowest BCUT2D eigenvalue weighted by Gasteiger charge is -2.45. The standard InChI is InChI=1S/C21H25ClO7/c1-2-28-15-6-3-12(4-7-15)9-13-10-14(5-8-16(13)22)21(27)20(26)19(25)18(24)17(11-23)29-21/h3-8,10,17-20,23-27H,2,9,11H2,1H3/t17?,18?,19?,20?,21-/m0/s1. The summed E-state index contributed by atoms with van der Waals surface area (Å²) < 4.78 is 10.8. The van der Waals surface area contributed by atoms with Crippen LogP contribution in [0.1, 0.15) is 23.6 Å². The van der Waals surface area contributed by atoms with E-state index in [1.807, 2.05) is 31.2 Å². The van der Waals surface area contributed by atoms with Gasteiger partial charge in [-0.1, -0.05) is 29.8 Å². The van der Waals surface area contributed by atoms with Crippen LogP contribution in [0.2, 0.25) is 5.02 Å². The van der Waals surface area contributed by atoms with Crippen molar-refractivity contribution in [3.8, 4) is 5.75 Å². The highest BCUT2D eigenvalue weighted by molar-refractivity contribution is 6.31. The molecule has 7 nitrogen and oxygen atoms in total. The van der Waals surface area contributed by atoms with E-state index in [4.69, 9.17) is 21.1 Å². The first kappa shape index (κ1) is 22.0. The van der Waals surface area contributed by atoms with Crippen LogP contribution in [0.4, 0.5) is 0 Å². The van der Waals surface area contributed by atoms with E-state index in [0.29, 0.717) is 23.6 Å². The average Bonchev–Trinajstić information content (AvgIpc) is 2.72. The van der Waals surface area contributed by atoms with E-state index < -0.39 is 36.8 Å². The molecule has 1 heterocycles. The van der Waals surface area contributed by atoms with Gasteiger partial charge in [0.1, 0.15) is 30.2 Å². The Labute approximate surface area is 173 Å². The van der Waals surface area contributed by atoms with Crippen molar-refractivity contribution in [2.45, 2.75) is 43.5 Å². The number of aliphatic hydroxyl groups excluding tert-OH is 4. The summed E-state index contributed by atoms with van der Waals surface area (Å²) in [5, 5.41) is 51.1. The van der Waals surface area contributed by atoms with Gasteiger partial charge in [-0.15, -0.1) is 0 Å². The van der Waals surface area contributed by atoms with Crippen LogP contribution in [0.3, 0.4) is 0 Å². The quantitative estimate of drug-likeness (QED) is 0.468. The minimum atomic E-state index is -2.32. The molecule has 1 saturated heterocycles. The molecule has 2 aromatic rings. The zero-order valence-electron chi connectivity index (χ0n) is 15.9. The highest BCUT2D eigenvalue weighted by atomic mass is 35.5. The molecule has 0 radical (unpaired) electrons. The third kappa shape index (κ3) is 4.41. The first-order chi connectivity index (χ1) is 13.8. The third-order valence-electron chi connectivity index (χ3n) is 5.05. The predicted molar refractivity (Wildman–Crippen MR) is 106 cm³/mol. The van der Waals surface area contributed by atoms with E-state index in [9.17, 15) is 25.5 Å². The van der Waals surface area contributed by atoms with Crippen molar-refractivity contribution in [2.24, 2.45) is 0 Å². The van der Waals surface area contributed by atoms with Crippen molar-refractivity contribution in [1.82, 2.24) is 0 Å². The fraction of sp³-hybridized carbons (Fsp3) is 0.429. The molecule has 2 aromatic carbocycles. The molecule has 3 rings (SSSR count). The Morgan fingerprint density at radius 3 is 2.38 bits per heavy atom. The number of benzene rings is 2. The summed E-state index contributed by atoms with van der Waals surface area (Å²) in [7, 11) is 0. The van der Waals surface area contributed by atoms with Gasteiger partial charge in [0.2, 0.25) is 5.79 Å². The molecule has 0 amide bonds. The predicted octanol–water partition coefficient (Wildman–Crippen LogP) is 0.948. The van der Waals surface area contributed by atoms with Gasteiger partial charge in [-0.2, -0.15) is 0 Å². The largest absolute Gasteiger partial charge is 0.494 e. The van der Waals surface area contributed by atoms with Crippen LogP contribution in [-0.4, -0.2) is 63.2 Å². The van der Waals surface area contributed by atoms with Crippen molar-refractivity contribution < 1.29 is 35.0 Å². The van der Waals surface area contributed by atoms with E-state index in [1.54, 1.807) is 12.1 Å². The molecule has 1 aliphatic heterocycles. The summed E-state index contributed by atoms with van der Waals surface area (Å²) in [4.78, 5) is 0. The minimum Gasteiger partial charge on any atom is -0.494 e. The molecule has 0 aromatic heterocycles. The maximum absolute atomic E-state index is 11.0. The van der Waals surface area contributed by atoms with Crippen LogP contribution in [0.5, 0.6) is 5.75 Å². The lowest BCUT2D eigenvalue weighted by molar-refractivity contribution is -0.357. The number of hydrogen-bond donors (Lipinski definition) is 5. The van der Waals surface area contributed by atoms with E-state index >= 15 is 0 Å². The van der Waals surface area contributed by atoms with Crippen LogP contribution in [0.15, 0.2) is 42.5 Å². The molecule has 8 heteroatoms. The summed E-state index contributed by atoms with van der Waals surface area (Å²) in [5.41, 5.74) is 1.77. The Kier molecular flexibility index (Phi) is 6.80. The minimum absolute atomic E-state index is 0.153. The maximum atomic E-state index is 11.0. The molecule has 5 N–H and O–H groups in total. The Hall–Kier alpha value is -1.71. The summed E-state index contributed by atoms with van der Waals surface area (Å²) in [6, 6.07) is 12.1. The highest BCUT2D eigenvalue weighted by Gasteiger charge is 2.53. The van der Waals surface area contributed by atoms with Gasteiger partial charge >= 0.3 is 0 Å². The first-order valence-electron chi connectivity index (χ1n) is 9.36. The van der Waals surface area contributed by atoms with Crippen LogP contribution < -0.4 is 4.74 Å². The number of aliphatic hydroxyl groups is 5. The van der Waals surface area contributed by atoms with E-state index in [1.165, 1.54) is 6.07 Å². The molecular formula is C21H25ClO7. The van der Waals surface area contributed by atoms with Crippen molar-refractivity contribution in [1.29, 1.82) is 0 Å². The van der Waals surface area contributed by atoms with Gasteiger partial charge < -0.3 is 35.0 Å². The highest BCUT2D eigenvalue weighted by Crippen LogP contribution is 2.37. The van der Waals surface area contributed by atoms with E-state index in [0.717, 1.165) is 11.3 Å². The molecule has 0 saturated carbocycles. The number of halogens is 1. The van der Waals surface area contributed by atoms with Crippen molar-refractivity contribution in [2.75, 3.05) is 13.2 Å². The Morgan fingerprint density at radius 1 is 1.07 bits per heavy atom. The van der Waals surface area contributed by atoms with Crippen LogP contribution in [0, 0.1) is 0 Å². The van der Waals surface area contributed by atoms with Gasteiger partial charge in [-0.25, -0.2) is 0 Å². The molecule has 0 aliphatic carbocycles. The normalized spacial score (nSPS) is 29.6.